The largest absolute Gasteiger partial charge is 0.461 e. The Labute approximate surface area is 155 Å². The maximum absolute atomic E-state index is 11.9. The van der Waals surface area contributed by atoms with Gasteiger partial charge in [0.15, 0.2) is 5.69 Å². The van der Waals surface area contributed by atoms with Crippen LogP contribution in [0.15, 0.2) is 35.7 Å². The fraction of sp³-hybridized carbons (Fsp3) is 0.444. The van der Waals surface area contributed by atoms with Crippen LogP contribution in [-0.4, -0.2) is 51.7 Å². The van der Waals surface area contributed by atoms with Crippen molar-refractivity contribution >= 4 is 17.3 Å². The fourth-order valence-electron chi connectivity index (χ4n) is 2.85. The van der Waals surface area contributed by atoms with Crippen LogP contribution in [0, 0.1) is 0 Å². The van der Waals surface area contributed by atoms with Gasteiger partial charge in [-0.15, -0.1) is 11.3 Å². The van der Waals surface area contributed by atoms with Crippen molar-refractivity contribution in [1.82, 2.24) is 10.0 Å². The molecule has 2 heterocycles. The van der Waals surface area contributed by atoms with Crippen LogP contribution in [-0.2, 0) is 16.1 Å². The lowest BCUT2D eigenvalue weighted by Crippen LogP contribution is -2.30. The molecule has 7 nitrogen and oxygen atoms in total. The Bertz CT molecular complexity index is 723. The topological polar surface area (TPSA) is 92.1 Å². The highest BCUT2D eigenvalue weighted by Gasteiger charge is 2.39. The van der Waals surface area contributed by atoms with Crippen LogP contribution in [0.1, 0.15) is 40.4 Å². The van der Waals surface area contributed by atoms with Gasteiger partial charge in [0.2, 0.25) is 0 Å². The number of aliphatic hydroxyl groups excluding tert-OH is 2. The molecule has 0 unspecified atom stereocenters. The minimum atomic E-state index is -0.970. The second-order valence-electron chi connectivity index (χ2n) is 6.00. The molecule has 0 bridgehead atoms. The van der Waals surface area contributed by atoms with E-state index in [0.29, 0.717) is 19.6 Å². The SMILES string of the molecule is CCOC(=O)c1csc([C@H]2C[C@@H]([C@H](O)CO)ON2Cc2ccccc2)n1. The van der Waals surface area contributed by atoms with Crippen LogP contribution in [0.4, 0.5) is 0 Å². The molecule has 1 aromatic heterocycles. The molecule has 1 aliphatic rings. The molecule has 140 valence electrons. The molecule has 0 amide bonds. The molecule has 0 radical (unpaired) electrons. The molecule has 26 heavy (non-hydrogen) atoms. The number of hydrogen-bond donors (Lipinski definition) is 2. The van der Waals surface area contributed by atoms with E-state index < -0.39 is 18.2 Å². The number of rotatable bonds is 7. The van der Waals surface area contributed by atoms with E-state index in [1.165, 1.54) is 11.3 Å². The van der Waals surface area contributed by atoms with Crippen LogP contribution < -0.4 is 0 Å². The molecule has 1 fully saturated rings. The zero-order valence-corrected chi connectivity index (χ0v) is 15.3. The van der Waals surface area contributed by atoms with E-state index in [-0.39, 0.29) is 18.3 Å². The quantitative estimate of drug-likeness (QED) is 0.711. The van der Waals surface area contributed by atoms with Gasteiger partial charge in [0.25, 0.3) is 0 Å². The predicted octanol–water partition coefficient (Wildman–Crippen LogP) is 1.92. The number of carbonyl (C=O) groups excluding carboxylic acids is 1. The lowest BCUT2D eigenvalue weighted by Gasteiger charge is -2.22. The zero-order valence-electron chi connectivity index (χ0n) is 14.4. The summed E-state index contributed by atoms with van der Waals surface area (Å²) in [7, 11) is 0. The maximum Gasteiger partial charge on any atom is 0.357 e. The van der Waals surface area contributed by atoms with E-state index >= 15 is 0 Å². The number of esters is 1. The number of nitrogens with zero attached hydrogens (tertiary/aromatic N) is 2. The Balaban J connectivity index is 1.80. The van der Waals surface area contributed by atoms with Gasteiger partial charge in [-0.1, -0.05) is 30.3 Å². The molecule has 8 heteroatoms. The molecule has 0 saturated carbocycles. The van der Waals surface area contributed by atoms with Crippen molar-refractivity contribution in [2.45, 2.75) is 38.1 Å². The summed E-state index contributed by atoms with van der Waals surface area (Å²) in [5.41, 5.74) is 1.33. The number of benzene rings is 1. The average molecular weight is 378 g/mol. The molecular formula is C18H22N2O5S. The number of hydrogen-bond acceptors (Lipinski definition) is 8. The van der Waals surface area contributed by atoms with Crippen molar-refractivity contribution in [2.75, 3.05) is 13.2 Å². The minimum absolute atomic E-state index is 0.213. The fourth-order valence-corrected chi connectivity index (χ4v) is 3.75. The van der Waals surface area contributed by atoms with Gasteiger partial charge in [0, 0.05) is 18.3 Å². The van der Waals surface area contributed by atoms with Gasteiger partial charge in [-0.05, 0) is 12.5 Å². The molecule has 2 aromatic rings. The number of aromatic nitrogens is 1. The Hall–Kier alpha value is -1.84. The number of carbonyl (C=O) groups is 1. The van der Waals surface area contributed by atoms with Crippen LogP contribution in [0.5, 0.6) is 0 Å². The van der Waals surface area contributed by atoms with Gasteiger partial charge in [-0.25, -0.2) is 9.78 Å². The highest BCUT2D eigenvalue weighted by Crippen LogP contribution is 2.38. The molecule has 1 aliphatic heterocycles. The van der Waals surface area contributed by atoms with Gasteiger partial charge in [0.1, 0.15) is 17.2 Å². The second kappa shape index (κ2) is 8.70. The Morgan fingerprint density at radius 2 is 2.23 bits per heavy atom. The van der Waals surface area contributed by atoms with Gasteiger partial charge < -0.3 is 14.9 Å². The van der Waals surface area contributed by atoms with Gasteiger partial charge in [0.05, 0.1) is 19.3 Å². The summed E-state index contributed by atoms with van der Waals surface area (Å²) < 4.78 is 4.99. The lowest BCUT2D eigenvalue weighted by atomic mass is 10.1. The summed E-state index contributed by atoms with van der Waals surface area (Å²) >= 11 is 1.36. The van der Waals surface area contributed by atoms with Gasteiger partial charge in [-0.3, -0.25) is 4.84 Å². The summed E-state index contributed by atoms with van der Waals surface area (Å²) in [5.74, 6) is -0.449. The number of aliphatic hydroxyl groups is 2. The van der Waals surface area contributed by atoms with E-state index in [0.717, 1.165) is 10.6 Å². The van der Waals surface area contributed by atoms with E-state index in [9.17, 15) is 15.0 Å². The first-order valence-corrected chi connectivity index (χ1v) is 9.39. The van der Waals surface area contributed by atoms with E-state index in [4.69, 9.17) is 9.57 Å². The second-order valence-corrected chi connectivity index (χ2v) is 6.89. The first-order chi connectivity index (χ1) is 12.6. The lowest BCUT2D eigenvalue weighted by molar-refractivity contribution is -0.195. The maximum atomic E-state index is 11.9. The first-order valence-electron chi connectivity index (χ1n) is 8.51. The van der Waals surface area contributed by atoms with Crippen molar-refractivity contribution < 1.29 is 24.6 Å². The van der Waals surface area contributed by atoms with Crippen LogP contribution in [0.2, 0.25) is 0 Å². The smallest absolute Gasteiger partial charge is 0.357 e. The highest BCUT2D eigenvalue weighted by molar-refractivity contribution is 7.09. The molecule has 3 atom stereocenters. The van der Waals surface area contributed by atoms with Crippen LogP contribution in [0.25, 0.3) is 0 Å². The molecule has 0 aliphatic carbocycles. The number of thiazole rings is 1. The molecule has 2 N–H and O–H groups in total. The monoisotopic (exact) mass is 378 g/mol. The Kier molecular flexibility index (Phi) is 6.33. The van der Waals surface area contributed by atoms with E-state index in [1.807, 2.05) is 30.3 Å². The third kappa shape index (κ3) is 4.28. The van der Waals surface area contributed by atoms with Gasteiger partial charge in [-0.2, -0.15) is 5.06 Å². The summed E-state index contributed by atoms with van der Waals surface area (Å²) in [6.07, 6.45) is -1.02. The van der Waals surface area contributed by atoms with Crippen LogP contribution >= 0.6 is 11.3 Å². The van der Waals surface area contributed by atoms with Crippen molar-refractivity contribution in [1.29, 1.82) is 0 Å². The minimum Gasteiger partial charge on any atom is -0.461 e. The molecule has 1 aromatic carbocycles. The molecular weight excluding hydrogens is 356 g/mol. The summed E-state index contributed by atoms with van der Waals surface area (Å²) in [5, 5.41) is 23.4. The molecule has 1 saturated heterocycles. The highest BCUT2D eigenvalue weighted by atomic mass is 32.1. The first kappa shape index (κ1) is 18.9. The normalized spacial score (nSPS) is 21.7. The molecule has 0 spiro atoms. The van der Waals surface area contributed by atoms with Crippen molar-refractivity contribution in [3.8, 4) is 0 Å². The van der Waals surface area contributed by atoms with Gasteiger partial charge >= 0.3 is 5.97 Å². The third-order valence-corrected chi connectivity index (χ3v) is 5.11. The number of ether oxygens (including phenoxy) is 1. The predicted molar refractivity (Wildman–Crippen MR) is 95.4 cm³/mol. The van der Waals surface area contributed by atoms with E-state index in [1.54, 1.807) is 17.4 Å². The zero-order chi connectivity index (χ0) is 18.5. The Morgan fingerprint density at radius 3 is 2.92 bits per heavy atom. The van der Waals surface area contributed by atoms with Crippen molar-refractivity contribution in [2.24, 2.45) is 0 Å². The third-order valence-electron chi connectivity index (χ3n) is 4.16. The summed E-state index contributed by atoms with van der Waals surface area (Å²) in [6, 6.07) is 9.60. The average Bonchev–Trinajstić information content (AvgIpc) is 3.29. The van der Waals surface area contributed by atoms with Crippen molar-refractivity contribution in [3.63, 3.8) is 0 Å². The van der Waals surface area contributed by atoms with Crippen molar-refractivity contribution in [3.05, 3.63) is 52.0 Å². The Morgan fingerprint density at radius 1 is 1.46 bits per heavy atom. The van der Waals surface area contributed by atoms with Crippen LogP contribution in [0.3, 0.4) is 0 Å². The summed E-state index contributed by atoms with van der Waals surface area (Å²) in [4.78, 5) is 22.1. The number of hydroxylamine groups is 2. The standard InChI is InChI=1S/C18H22N2O5S/c1-2-24-18(23)13-11-26-17(19-13)14-8-16(15(22)10-21)25-20(14)9-12-6-4-3-5-7-12/h3-7,11,14-16,21-22H,2,8-10H2,1H3/t14-,15-,16+/m1/s1. The molecule has 3 rings (SSSR count). The van der Waals surface area contributed by atoms with E-state index in [2.05, 4.69) is 4.98 Å². The summed E-state index contributed by atoms with van der Waals surface area (Å²) in [6.45, 7) is 2.18.